The molecule has 1 nitrogen and oxygen atoms in total. The van der Waals surface area contributed by atoms with Crippen molar-refractivity contribution in [2.45, 2.75) is 20.8 Å². The minimum Gasteiger partial charge on any atom is -0.313 e. The minimum absolute atomic E-state index is 0.538. The van der Waals surface area contributed by atoms with Crippen molar-refractivity contribution in [2.75, 3.05) is 13.1 Å². The molecule has 1 N–H and O–H groups in total. The molecule has 0 saturated carbocycles. The van der Waals surface area contributed by atoms with Gasteiger partial charge in [0.15, 0.2) is 0 Å². The average molecular weight is 317 g/mol. The van der Waals surface area contributed by atoms with Crippen LogP contribution in [0.2, 0.25) is 5.02 Å². The fraction of sp³-hybridized carbons (Fsp3) is 0.429. The van der Waals surface area contributed by atoms with E-state index in [1.165, 1.54) is 5.57 Å². The van der Waals surface area contributed by atoms with Crippen molar-refractivity contribution in [2.24, 2.45) is 5.92 Å². The summed E-state index contributed by atoms with van der Waals surface area (Å²) in [5.74, 6) is 0.538. The molecular formula is C14H19BrClN. The molecule has 0 unspecified atom stereocenters. The second-order valence-corrected chi connectivity index (χ2v) is 5.59. The molecular weight excluding hydrogens is 298 g/mol. The van der Waals surface area contributed by atoms with Crippen molar-refractivity contribution >= 4 is 33.6 Å². The van der Waals surface area contributed by atoms with E-state index < -0.39 is 0 Å². The first-order valence-corrected chi connectivity index (χ1v) is 7.08. The van der Waals surface area contributed by atoms with Gasteiger partial charge in [-0.2, -0.15) is 0 Å². The van der Waals surface area contributed by atoms with E-state index in [0.717, 1.165) is 28.1 Å². The molecule has 0 aliphatic heterocycles. The molecule has 0 bridgehead atoms. The summed E-state index contributed by atoms with van der Waals surface area (Å²) in [5.41, 5.74) is 2.55. The van der Waals surface area contributed by atoms with E-state index in [-0.39, 0.29) is 0 Å². The van der Waals surface area contributed by atoms with Gasteiger partial charge in [0.2, 0.25) is 0 Å². The monoisotopic (exact) mass is 315 g/mol. The van der Waals surface area contributed by atoms with Gasteiger partial charge >= 0.3 is 0 Å². The van der Waals surface area contributed by atoms with Gasteiger partial charge in [0.05, 0.1) is 5.02 Å². The predicted octanol–water partition coefficient (Wildman–Crippen LogP) is 4.75. The number of halogens is 2. The maximum atomic E-state index is 6.09. The first kappa shape index (κ1) is 14.7. The molecule has 0 spiro atoms. The Balaban J connectivity index is 2.91. The lowest BCUT2D eigenvalue weighted by atomic mass is 10.0. The van der Waals surface area contributed by atoms with Crippen LogP contribution in [0.3, 0.4) is 0 Å². The topological polar surface area (TPSA) is 12.0 Å². The third-order valence-corrected chi connectivity index (χ3v) is 3.85. The molecule has 0 fully saturated rings. The molecule has 3 heteroatoms. The zero-order chi connectivity index (χ0) is 12.8. The van der Waals surface area contributed by atoms with E-state index >= 15 is 0 Å². The lowest BCUT2D eigenvalue weighted by molar-refractivity contribution is 0.682. The van der Waals surface area contributed by atoms with Crippen molar-refractivity contribution in [3.8, 4) is 0 Å². The van der Waals surface area contributed by atoms with E-state index in [9.17, 15) is 0 Å². The van der Waals surface area contributed by atoms with Gasteiger partial charge in [-0.15, -0.1) is 0 Å². The van der Waals surface area contributed by atoms with Crippen molar-refractivity contribution in [3.63, 3.8) is 0 Å². The number of rotatable bonds is 5. The van der Waals surface area contributed by atoms with Gasteiger partial charge in [-0.1, -0.05) is 50.1 Å². The van der Waals surface area contributed by atoms with Gasteiger partial charge in [-0.25, -0.2) is 0 Å². The van der Waals surface area contributed by atoms with Gasteiger partial charge in [-0.05, 0) is 46.1 Å². The van der Waals surface area contributed by atoms with Gasteiger partial charge in [0.25, 0.3) is 0 Å². The molecule has 94 valence electrons. The van der Waals surface area contributed by atoms with Crippen LogP contribution < -0.4 is 5.32 Å². The highest BCUT2D eigenvalue weighted by molar-refractivity contribution is 9.10. The highest BCUT2D eigenvalue weighted by Crippen LogP contribution is 2.25. The molecule has 1 rings (SSSR count). The fourth-order valence-electron chi connectivity index (χ4n) is 1.51. The molecule has 17 heavy (non-hydrogen) atoms. The lowest BCUT2D eigenvalue weighted by Gasteiger charge is -2.12. The second-order valence-electron chi connectivity index (χ2n) is 4.33. The molecule has 0 heterocycles. The molecule has 0 radical (unpaired) electrons. The van der Waals surface area contributed by atoms with Crippen molar-refractivity contribution < 1.29 is 0 Å². The number of likely N-dealkylation sites (N-methyl/N-ethyl adjacent to an activating group) is 1. The normalized spacial score (nSPS) is 12.2. The Kier molecular flexibility index (Phi) is 6.24. The molecule has 0 aromatic heterocycles. The molecule has 0 amide bonds. The Morgan fingerprint density at radius 1 is 1.47 bits per heavy atom. The first-order valence-electron chi connectivity index (χ1n) is 5.90. The van der Waals surface area contributed by atoms with Gasteiger partial charge in [0.1, 0.15) is 0 Å². The Morgan fingerprint density at radius 3 is 2.71 bits per heavy atom. The van der Waals surface area contributed by atoms with Gasteiger partial charge in [0, 0.05) is 11.0 Å². The molecule has 1 aromatic rings. The highest BCUT2D eigenvalue weighted by atomic mass is 79.9. The molecule has 0 atom stereocenters. The van der Waals surface area contributed by atoms with Gasteiger partial charge in [-0.3, -0.25) is 0 Å². The van der Waals surface area contributed by atoms with Crippen LogP contribution in [0, 0.1) is 5.92 Å². The maximum absolute atomic E-state index is 6.09. The van der Waals surface area contributed by atoms with Crippen LogP contribution in [0.1, 0.15) is 26.3 Å². The smallest absolute Gasteiger partial charge is 0.0554 e. The van der Waals surface area contributed by atoms with Crippen LogP contribution >= 0.6 is 27.5 Å². The number of hydrogen-bond acceptors (Lipinski definition) is 1. The van der Waals surface area contributed by atoms with Gasteiger partial charge < -0.3 is 5.32 Å². The summed E-state index contributed by atoms with van der Waals surface area (Å²) in [5, 5.41) is 4.12. The van der Waals surface area contributed by atoms with Crippen LogP contribution in [0.4, 0.5) is 0 Å². The molecule has 0 aliphatic rings. The van der Waals surface area contributed by atoms with Crippen LogP contribution in [-0.4, -0.2) is 13.1 Å². The largest absolute Gasteiger partial charge is 0.313 e. The Bertz CT molecular complexity index is 399. The zero-order valence-corrected chi connectivity index (χ0v) is 12.9. The van der Waals surface area contributed by atoms with Crippen LogP contribution in [0.5, 0.6) is 0 Å². The summed E-state index contributed by atoms with van der Waals surface area (Å²) in [4.78, 5) is 0. The Hall–Kier alpha value is -0.310. The van der Waals surface area contributed by atoms with E-state index in [4.69, 9.17) is 11.6 Å². The first-order chi connectivity index (χ1) is 8.04. The molecule has 1 aromatic carbocycles. The van der Waals surface area contributed by atoms with E-state index in [2.05, 4.69) is 54.2 Å². The molecule has 0 aliphatic carbocycles. The summed E-state index contributed by atoms with van der Waals surface area (Å²) in [7, 11) is 0. The Labute approximate surface area is 117 Å². The van der Waals surface area contributed by atoms with Crippen LogP contribution in [0.25, 0.3) is 6.08 Å². The van der Waals surface area contributed by atoms with Crippen LogP contribution in [-0.2, 0) is 0 Å². The summed E-state index contributed by atoms with van der Waals surface area (Å²) >= 11 is 9.49. The van der Waals surface area contributed by atoms with Crippen molar-refractivity contribution in [1.29, 1.82) is 0 Å². The summed E-state index contributed by atoms with van der Waals surface area (Å²) in [6.07, 6.45) is 2.21. The third-order valence-electron chi connectivity index (χ3n) is 2.62. The van der Waals surface area contributed by atoms with E-state index in [1.54, 1.807) is 0 Å². The zero-order valence-electron chi connectivity index (χ0n) is 10.6. The minimum atomic E-state index is 0.538. The summed E-state index contributed by atoms with van der Waals surface area (Å²) < 4.78 is 0.939. The van der Waals surface area contributed by atoms with E-state index in [1.807, 2.05) is 12.1 Å². The quantitative estimate of drug-likeness (QED) is 0.826. The Morgan fingerprint density at radius 2 is 2.18 bits per heavy atom. The lowest BCUT2D eigenvalue weighted by Crippen LogP contribution is -2.18. The predicted molar refractivity (Wildman–Crippen MR) is 80.5 cm³/mol. The number of nitrogens with one attached hydrogen (secondary N) is 1. The fourth-order valence-corrected chi connectivity index (χ4v) is 1.94. The SMILES string of the molecule is CCNC/C(=C/c1ccc(Br)c(Cl)c1)C(C)C. The van der Waals surface area contributed by atoms with Crippen LogP contribution in [0.15, 0.2) is 28.2 Å². The molecule has 0 saturated heterocycles. The highest BCUT2D eigenvalue weighted by Gasteiger charge is 2.04. The number of benzene rings is 1. The second kappa shape index (κ2) is 7.20. The van der Waals surface area contributed by atoms with Crippen molar-refractivity contribution in [1.82, 2.24) is 5.32 Å². The standard InChI is InChI=1S/C14H19BrClN/c1-4-17-9-12(10(2)3)7-11-5-6-13(15)14(16)8-11/h5-8,10,17H,4,9H2,1-3H3/b12-7-. The number of hydrogen-bond donors (Lipinski definition) is 1. The maximum Gasteiger partial charge on any atom is 0.0554 e. The van der Waals surface area contributed by atoms with Crippen molar-refractivity contribution in [3.05, 3.63) is 38.8 Å². The van der Waals surface area contributed by atoms with E-state index in [0.29, 0.717) is 5.92 Å². The third kappa shape index (κ3) is 4.82. The summed E-state index contributed by atoms with van der Waals surface area (Å²) in [6, 6.07) is 6.05. The average Bonchev–Trinajstić information content (AvgIpc) is 2.28. The summed E-state index contributed by atoms with van der Waals surface area (Å²) in [6.45, 7) is 8.47.